The average Bonchev–Trinajstić information content (AvgIpc) is 1.96. The minimum absolute atomic E-state index is 0.230. The van der Waals surface area contributed by atoms with E-state index in [2.05, 4.69) is 6.58 Å². The van der Waals surface area contributed by atoms with Crippen LogP contribution in [0.2, 0.25) is 0 Å². The number of allylic oxidation sites excluding steroid dienone is 1. The van der Waals surface area contributed by atoms with E-state index >= 15 is 0 Å². The first-order chi connectivity index (χ1) is 5.27. The van der Waals surface area contributed by atoms with E-state index in [0.717, 1.165) is 18.6 Å². The van der Waals surface area contributed by atoms with Gasteiger partial charge in [-0.2, -0.15) is 0 Å². The van der Waals surface area contributed by atoms with Crippen molar-refractivity contribution in [3.63, 3.8) is 0 Å². The SMILES string of the molecule is C=CCCCCCSC(=N)N. The summed E-state index contributed by atoms with van der Waals surface area (Å²) in [5.74, 6) is 0.979. The summed E-state index contributed by atoms with van der Waals surface area (Å²) < 4.78 is 0. The van der Waals surface area contributed by atoms with E-state index in [4.69, 9.17) is 11.1 Å². The fraction of sp³-hybridized carbons (Fsp3) is 0.625. The van der Waals surface area contributed by atoms with Crippen LogP contribution in [0.3, 0.4) is 0 Å². The van der Waals surface area contributed by atoms with Crippen molar-refractivity contribution in [3.8, 4) is 0 Å². The van der Waals surface area contributed by atoms with Gasteiger partial charge in [0.1, 0.15) is 0 Å². The lowest BCUT2D eigenvalue weighted by Gasteiger charge is -1.97. The number of unbranched alkanes of at least 4 members (excludes halogenated alkanes) is 3. The fourth-order valence-corrected chi connectivity index (χ4v) is 1.32. The zero-order valence-electron chi connectivity index (χ0n) is 6.81. The zero-order valence-corrected chi connectivity index (χ0v) is 7.62. The Bertz CT molecular complexity index is 123. The number of rotatable bonds is 6. The van der Waals surface area contributed by atoms with Crippen LogP contribution in [0.4, 0.5) is 0 Å². The van der Waals surface area contributed by atoms with Crippen LogP contribution in [-0.2, 0) is 0 Å². The number of thioether (sulfide) groups is 1. The van der Waals surface area contributed by atoms with Crippen molar-refractivity contribution in [3.05, 3.63) is 12.7 Å². The third-order valence-corrected chi connectivity index (χ3v) is 2.11. The molecule has 3 heteroatoms. The fourth-order valence-electron chi connectivity index (χ4n) is 0.750. The van der Waals surface area contributed by atoms with Crippen LogP contribution in [0.15, 0.2) is 12.7 Å². The van der Waals surface area contributed by atoms with Crippen LogP contribution in [0, 0.1) is 5.41 Å². The van der Waals surface area contributed by atoms with Crippen LogP contribution >= 0.6 is 11.8 Å². The second kappa shape index (κ2) is 7.66. The maximum absolute atomic E-state index is 6.94. The number of amidine groups is 1. The molecule has 0 spiro atoms. The average molecular weight is 172 g/mol. The van der Waals surface area contributed by atoms with Gasteiger partial charge in [0.2, 0.25) is 0 Å². The molecule has 0 radical (unpaired) electrons. The van der Waals surface area contributed by atoms with Gasteiger partial charge in [-0.3, -0.25) is 5.41 Å². The molecule has 64 valence electrons. The Kier molecular flexibility index (Phi) is 7.36. The molecule has 2 nitrogen and oxygen atoms in total. The number of nitrogens with one attached hydrogen (secondary N) is 1. The molecule has 0 unspecified atom stereocenters. The molecule has 0 aliphatic carbocycles. The van der Waals surface area contributed by atoms with E-state index in [9.17, 15) is 0 Å². The van der Waals surface area contributed by atoms with Gasteiger partial charge < -0.3 is 5.73 Å². The summed E-state index contributed by atoms with van der Waals surface area (Å²) in [6, 6.07) is 0. The first-order valence-electron chi connectivity index (χ1n) is 3.85. The van der Waals surface area contributed by atoms with Gasteiger partial charge in [-0.05, 0) is 19.3 Å². The lowest BCUT2D eigenvalue weighted by atomic mass is 10.2. The van der Waals surface area contributed by atoms with E-state index in [0.29, 0.717) is 0 Å². The van der Waals surface area contributed by atoms with Crippen LogP contribution in [0.25, 0.3) is 0 Å². The van der Waals surface area contributed by atoms with Gasteiger partial charge in [-0.15, -0.1) is 6.58 Å². The molecular weight excluding hydrogens is 156 g/mol. The van der Waals surface area contributed by atoms with Crippen molar-refractivity contribution in [1.82, 2.24) is 0 Å². The molecule has 0 atom stereocenters. The minimum atomic E-state index is 0.230. The molecule has 0 rings (SSSR count). The highest BCUT2D eigenvalue weighted by Crippen LogP contribution is 2.06. The summed E-state index contributed by atoms with van der Waals surface area (Å²) in [5, 5.41) is 7.17. The molecule has 0 heterocycles. The van der Waals surface area contributed by atoms with Crippen LogP contribution in [-0.4, -0.2) is 10.9 Å². The molecule has 0 aliphatic rings. The van der Waals surface area contributed by atoms with Gasteiger partial charge in [0, 0.05) is 5.75 Å². The Balaban J connectivity index is 2.90. The van der Waals surface area contributed by atoms with Crippen molar-refractivity contribution in [1.29, 1.82) is 5.41 Å². The largest absolute Gasteiger partial charge is 0.379 e. The summed E-state index contributed by atoms with van der Waals surface area (Å²) >= 11 is 1.42. The van der Waals surface area contributed by atoms with E-state index in [1.165, 1.54) is 24.6 Å². The van der Waals surface area contributed by atoms with Crippen molar-refractivity contribution in [2.24, 2.45) is 5.73 Å². The molecule has 0 saturated carbocycles. The second-order valence-electron chi connectivity index (χ2n) is 2.35. The van der Waals surface area contributed by atoms with Crippen molar-refractivity contribution in [2.45, 2.75) is 25.7 Å². The normalized spacial score (nSPS) is 9.45. The molecule has 0 aromatic carbocycles. The predicted octanol–water partition coefficient (Wildman–Crippen LogP) is 2.36. The first-order valence-corrected chi connectivity index (χ1v) is 4.83. The summed E-state index contributed by atoms with van der Waals surface area (Å²) in [6.45, 7) is 3.65. The molecule has 0 fully saturated rings. The topological polar surface area (TPSA) is 49.9 Å². The van der Waals surface area contributed by atoms with Gasteiger partial charge in [0.25, 0.3) is 0 Å². The number of nitrogens with two attached hydrogens (primary N) is 1. The monoisotopic (exact) mass is 172 g/mol. The highest BCUT2D eigenvalue weighted by Gasteiger charge is 1.90. The first kappa shape index (κ1) is 10.6. The third kappa shape index (κ3) is 9.56. The van der Waals surface area contributed by atoms with Crippen LogP contribution < -0.4 is 5.73 Å². The highest BCUT2D eigenvalue weighted by molar-refractivity contribution is 8.13. The smallest absolute Gasteiger partial charge is 0.151 e. The van der Waals surface area contributed by atoms with Gasteiger partial charge >= 0.3 is 0 Å². The Morgan fingerprint density at radius 1 is 1.45 bits per heavy atom. The second-order valence-corrected chi connectivity index (χ2v) is 3.49. The van der Waals surface area contributed by atoms with E-state index < -0.39 is 0 Å². The molecule has 0 amide bonds. The van der Waals surface area contributed by atoms with Gasteiger partial charge in [0.15, 0.2) is 5.17 Å². The summed E-state index contributed by atoms with van der Waals surface area (Å²) in [6.07, 6.45) is 6.62. The lowest BCUT2D eigenvalue weighted by molar-refractivity contribution is 0.736. The highest BCUT2D eigenvalue weighted by atomic mass is 32.2. The molecular formula is C8H16N2S. The Morgan fingerprint density at radius 3 is 2.73 bits per heavy atom. The van der Waals surface area contributed by atoms with Crippen LogP contribution in [0.1, 0.15) is 25.7 Å². The molecule has 0 aromatic heterocycles. The number of hydrogen-bond donors (Lipinski definition) is 2. The predicted molar refractivity (Wildman–Crippen MR) is 53.0 cm³/mol. The third-order valence-electron chi connectivity index (χ3n) is 1.31. The lowest BCUT2D eigenvalue weighted by Crippen LogP contribution is -2.04. The Hall–Kier alpha value is -0.440. The number of hydrogen-bond acceptors (Lipinski definition) is 2. The summed E-state index contributed by atoms with van der Waals surface area (Å²) in [5.41, 5.74) is 5.16. The van der Waals surface area contributed by atoms with Crippen molar-refractivity contribution in [2.75, 3.05) is 5.75 Å². The molecule has 3 N–H and O–H groups in total. The van der Waals surface area contributed by atoms with Crippen LogP contribution in [0.5, 0.6) is 0 Å². The Morgan fingerprint density at radius 2 is 2.18 bits per heavy atom. The minimum Gasteiger partial charge on any atom is -0.379 e. The van der Waals surface area contributed by atoms with Crippen molar-refractivity contribution >= 4 is 16.9 Å². The van der Waals surface area contributed by atoms with Crippen molar-refractivity contribution < 1.29 is 0 Å². The maximum atomic E-state index is 6.94. The molecule has 11 heavy (non-hydrogen) atoms. The van der Waals surface area contributed by atoms with E-state index in [1.807, 2.05) is 6.08 Å². The summed E-state index contributed by atoms with van der Waals surface area (Å²) in [7, 11) is 0. The summed E-state index contributed by atoms with van der Waals surface area (Å²) in [4.78, 5) is 0. The standard InChI is InChI=1S/C8H16N2S/c1-2-3-4-5-6-7-11-8(9)10/h2H,1,3-7H2,(H3,9,10). The molecule has 0 bridgehead atoms. The van der Waals surface area contributed by atoms with Gasteiger partial charge in [-0.1, -0.05) is 24.3 Å². The molecule has 0 aliphatic heterocycles. The molecule has 0 saturated heterocycles. The van der Waals surface area contributed by atoms with Gasteiger partial charge in [0.05, 0.1) is 0 Å². The Labute approximate surface area is 72.8 Å². The zero-order chi connectivity index (χ0) is 8.53. The molecule has 0 aromatic rings. The quantitative estimate of drug-likeness (QED) is 0.280. The van der Waals surface area contributed by atoms with E-state index in [-0.39, 0.29) is 5.17 Å². The van der Waals surface area contributed by atoms with E-state index in [1.54, 1.807) is 0 Å². The maximum Gasteiger partial charge on any atom is 0.151 e. The van der Waals surface area contributed by atoms with Gasteiger partial charge in [-0.25, -0.2) is 0 Å².